The number of hydrogen-bond acceptors (Lipinski definition) is 8. The second kappa shape index (κ2) is 10.7. The van der Waals surface area contributed by atoms with Crippen LogP contribution in [0.1, 0.15) is 23.9 Å². The molecule has 12 nitrogen and oxygen atoms in total. The molecule has 2 rings (SSSR count). The summed E-state index contributed by atoms with van der Waals surface area (Å²) in [6.07, 6.45) is -0.0765. The molecule has 0 radical (unpaired) electrons. The number of nitrogens with zero attached hydrogens (tertiary/aromatic N) is 3. The lowest BCUT2D eigenvalue weighted by Gasteiger charge is -2.29. The van der Waals surface area contributed by atoms with Crippen molar-refractivity contribution < 1.29 is 18.9 Å². The zero-order valence-corrected chi connectivity index (χ0v) is 16.0. The van der Waals surface area contributed by atoms with Gasteiger partial charge in [0.05, 0.1) is 19.1 Å². The summed E-state index contributed by atoms with van der Waals surface area (Å²) in [4.78, 5) is 40.4. The molecule has 1 unspecified atom stereocenters. The SMILES string of the molecule is CN(C(=O)C[C@@H](N)c1cc(CN)on1)C1CN=C(NC(N)=O)NC1=O.Cl.Cl. The largest absolute Gasteiger partial charge is 0.360 e. The van der Waals surface area contributed by atoms with E-state index in [0.717, 1.165) is 0 Å². The van der Waals surface area contributed by atoms with E-state index in [-0.39, 0.29) is 56.2 Å². The lowest BCUT2D eigenvalue weighted by atomic mass is 10.1. The monoisotopic (exact) mass is 424 g/mol. The minimum absolute atomic E-state index is 0. The van der Waals surface area contributed by atoms with E-state index >= 15 is 0 Å². The van der Waals surface area contributed by atoms with Gasteiger partial charge in [0.1, 0.15) is 11.7 Å². The van der Waals surface area contributed by atoms with Gasteiger partial charge in [-0.25, -0.2) is 9.79 Å². The van der Waals surface area contributed by atoms with E-state index in [2.05, 4.69) is 20.8 Å². The molecule has 4 amide bonds. The number of aliphatic imine (C=N–C) groups is 1. The Balaban J connectivity index is 0.00000338. The summed E-state index contributed by atoms with van der Waals surface area (Å²) in [6.45, 7) is 0.162. The molecule has 0 aliphatic carbocycles. The first kappa shape index (κ1) is 24.6. The van der Waals surface area contributed by atoms with Gasteiger partial charge in [-0.1, -0.05) is 5.16 Å². The van der Waals surface area contributed by atoms with E-state index in [9.17, 15) is 14.4 Å². The van der Waals surface area contributed by atoms with Crippen LogP contribution in [-0.4, -0.2) is 53.5 Å². The smallest absolute Gasteiger partial charge is 0.318 e. The zero-order valence-electron chi connectivity index (χ0n) is 14.4. The number of carbonyl (C=O) groups excluding carboxylic acids is 3. The third-order valence-electron chi connectivity index (χ3n) is 3.62. The van der Waals surface area contributed by atoms with Gasteiger partial charge >= 0.3 is 6.03 Å². The van der Waals surface area contributed by atoms with Gasteiger partial charge in [0.15, 0.2) is 5.76 Å². The van der Waals surface area contributed by atoms with Crippen molar-refractivity contribution in [3.8, 4) is 0 Å². The van der Waals surface area contributed by atoms with E-state index in [0.29, 0.717) is 11.5 Å². The van der Waals surface area contributed by atoms with Crippen LogP contribution in [-0.2, 0) is 16.1 Å². The van der Waals surface area contributed by atoms with Gasteiger partial charge in [-0.15, -0.1) is 24.8 Å². The number of primary amides is 1. The normalized spacial score (nSPS) is 16.8. The predicted octanol–water partition coefficient (Wildman–Crippen LogP) is -1.65. The lowest BCUT2D eigenvalue weighted by molar-refractivity contribution is -0.138. The van der Waals surface area contributed by atoms with Crippen LogP contribution in [0.3, 0.4) is 0 Å². The van der Waals surface area contributed by atoms with Crippen LogP contribution in [0.2, 0.25) is 0 Å². The fourth-order valence-electron chi connectivity index (χ4n) is 2.20. The average molecular weight is 425 g/mol. The van der Waals surface area contributed by atoms with E-state index in [4.69, 9.17) is 21.7 Å². The molecule has 0 spiro atoms. The number of hydrogen-bond donors (Lipinski definition) is 5. The maximum absolute atomic E-state index is 12.4. The molecule has 0 fully saturated rings. The molecular formula is C13H22Cl2N8O4. The van der Waals surface area contributed by atoms with Crippen molar-refractivity contribution in [1.82, 2.24) is 20.7 Å². The molecular weight excluding hydrogens is 403 g/mol. The summed E-state index contributed by atoms with van der Waals surface area (Å²) in [6, 6.07) is -0.786. The number of carbonyl (C=O) groups is 3. The van der Waals surface area contributed by atoms with E-state index in [1.807, 2.05) is 0 Å². The predicted molar refractivity (Wildman–Crippen MR) is 100 cm³/mol. The second-order valence-electron chi connectivity index (χ2n) is 5.42. The molecule has 1 aromatic heterocycles. The van der Waals surface area contributed by atoms with Crippen molar-refractivity contribution in [2.75, 3.05) is 13.6 Å². The highest BCUT2D eigenvalue weighted by Gasteiger charge is 2.31. The number of rotatable bonds is 5. The third-order valence-corrected chi connectivity index (χ3v) is 3.62. The van der Waals surface area contributed by atoms with Gasteiger partial charge < -0.3 is 26.6 Å². The molecule has 0 aromatic carbocycles. The summed E-state index contributed by atoms with van der Waals surface area (Å²) >= 11 is 0. The Morgan fingerprint density at radius 3 is 2.67 bits per heavy atom. The van der Waals surface area contributed by atoms with E-state index in [1.54, 1.807) is 6.07 Å². The van der Waals surface area contributed by atoms with Crippen LogP contribution in [0.5, 0.6) is 0 Å². The number of halogens is 2. The number of guanidine groups is 1. The number of nitrogens with one attached hydrogen (secondary N) is 2. The molecule has 1 aliphatic rings. The van der Waals surface area contributed by atoms with Crippen LogP contribution < -0.4 is 27.8 Å². The molecule has 2 heterocycles. The van der Waals surface area contributed by atoms with Crippen LogP contribution in [0, 0.1) is 0 Å². The summed E-state index contributed by atoms with van der Waals surface area (Å²) in [5, 5.41) is 8.29. The molecule has 8 N–H and O–H groups in total. The topological polar surface area (TPSA) is 195 Å². The molecule has 1 aliphatic heterocycles. The van der Waals surface area contributed by atoms with Crippen molar-refractivity contribution in [2.24, 2.45) is 22.2 Å². The van der Waals surface area contributed by atoms with E-state index in [1.165, 1.54) is 11.9 Å². The molecule has 14 heteroatoms. The fourth-order valence-corrected chi connectivity index (χ4v) is 2.20. The van der Waals surface area contributed by atoms with Crippen LogP contribution in [0.25, 0.3) is 0 Å². The van der Waals surface area contributed by atoms with Gasteiger partial charge in [-0.3, -0.25) is 20.2 Å². The van der Waals surface area contributed by atoms with Crippen LogP contribution in [0.15, 0.2) is 15.6 Å². The molecule has 2 atom stereocenters. The molecule has 27 heavy (non-hydrogen) atoms. The summed E-state index contributed by atoms with van der Waals surface area (Å²) < 4.78 is 4.95. The maximum Gasteiger partial charge on any atom is 0.318 e. The fraction of sp³-hybridized carbons (Fsp3) is 0.462. The number of likely N-dealkylation sites (N-methyl/N-ethyl adjacent to an activating group) is 1. The first-order valence-corrected chi connectivity index (χ1v) is 7.40. The number of urea groups is 1. The Hall–Kier alpha value is -2.41. The molecule has 152 valence electrons. The van der Waals surface area contributed by atoms with Crippen molar-refractivity contribution in [3.63, 3.8) is 0 Å². The minimum atomic E-state index is -0.850. The third kappa shape index (κ3) is 6.36. The zero-order chi connectivity index (χ0) is 18.6. The number of amides is 4. The Kier molecular flexibility index (Phi) is 9.72. The molecule has 0 bridgehead atoms. The Labute approximate surface area is 167 Å². The Morgan fingerprint density at radius 2 is 2.15 bits per heavy atom. The van der Waals surface area contributed by atoms with Gasteiger partial charge in [-0.05, 0) is 0 Å². The van der Waals surface area contributed by atoms with Crippen molar-refractivity contribution >= 4 is 48.6 Å². The number of nitrogens with two attached hydrogens (primary N) is 3. The second-order valence-corrected chi connectivity index (χ2v) is 5.42. The van der Waals surface area contributed by atoms with Crippen LogP contribution >= 0.6 is 24.8 Å². The Bertz CT molecular complexity index is 710. The van der Waals surface area contributed by atoms with Gasteiger partial charge in [0.2, 0.25) is 11.9 Å². The summed E-state index contributed by atoms with van der Waals surface area (Å²) in [7, 11) is 1.47. The summed E-state index contributed by atoms with van der Waals surface area (Å²) in [5.41, 5.74) is 16.7. The van der Waals surface area contributed by atoms with Crippen molar-refractivity contribution in [3.05, 3.63) is 17.5 Å². The van der Waals surface area contributed by atoms with Gasteiger partial charge in [0.25, 0.3) is 5.91 Å². The van der Waals surface area contributed by atoms with Gasteiger partial charge in [-0.2, -0.15) is 0 Å². The number of aromatic nitrogens is 1. The molecule has 1 aromatic rings. The maximum atomic E-state index is 12.4. The van der Waals surface area contributed by atoms with Gasteiger partial charge in [0, 0.05) is 19.5 Å². The van der Waals surface area contributed by atoms with E-state index < -0.39 is 24.0 Å². The lowest BCUT2D eigenvalue weighted by Crippen LogP contribution is -2.58. The standard InChI is InChI=1S/C13H20N8O4.2ClH/c1-21(9-5-17-13(18-11(9)23)19-12(16)24)10(22)3-7(15)8-2-6(4-14)25-20-8;;/h2,7,9H,3-5,14-15H2,1H3,(H4,16,17,18,19,23,24);2*1H/t7-,9?;;/m1../s1. The van der Waals surface area contributed by atoms with Crippen LogP contribution in [0.4, 0.5) is 4.79 Å². The highest BCUT2D eigenvalue weighted by molar-refractivity contribution is 6.07. The van der Waals surface area contributed by atoms with Crippen molar-refractivity contribution in [2.45, 2.75) is 25.0 Å². The molecule has 0 saturated carbocycles. The first-order valence-electron chi connectivity index (χ1n) is 7.40. The Morgan fingerprint density at radius 1 is 1.48 bits per heavy atom. The highest BCUT2D eigenvalue weighted by atomic mass is 35.5. The quantitative estimate of drug-likeness (QED) is 0.372. The minimum Gasteiger partial charge on any atom is -0.360 e. The van der Waals surface area contributed by atoms with Crippen molar-refractivity contribution in [1.29, 1.82) is 0 Å². The average Bonchev–Trinajstić information content (AvgIpc) is 3.03. The molecule has 0 saturated heterocycles. The highest BCUT2D eigenvalue weighted by Crippen LogP contribution is 2.16. The summed E-state index contributed by atoms with van der Waals surface area (Å²) in [5.74, 6) is -0.452. The first-order chi connectivity index (χ1) is 11.8.